The van der Waals surface area contributed by atoms with Crippen molar-refractivity contribution in [2.45, 2.75) is 18.8 Å². The molecule has 0 aliphatic heterocycles. The SMILES string of the molecule is NCCC(Cc1cccnc1)c1ccc(Cl)c(Cl)c1. The van der Waals surface area contributed by atoms with Gasteiger partial charge in [-0.15, -0.1) is 0 Å². The maximum absolute atomic E-state index is 6.09. The minimum absolute atomic E-state index is 0.337. The maximum Gasteiger partial charge on any atom is 0.0595 e. The van der Waals surface area contributed by atoms with E-state index >= 15 is 0 Å². The molecule has 100 valence electrons. The van der Waals surface area contributed by atoms with Crippen molar-refractivity contribution < 1.29 is 0 Å². The molecule has 0 spiro atoms. The van der Waals surface area contributed by atoms with E-state index < -0.39 is 0 Å². The van der Waals surface area contributed by atoms with Gasteiger partial charge in [0.1, 0.15) is 0 Å². The van der Waals surface area contributed by atoms with Crippen LogP contribution in [0.1, 0.15) is 23.5 Å². The molecule has 2 aromatic rings. The molecule has 2 nitrogen and oxygen atoms in total. The van der Waals surface area contributed by atoms with Gasteiger partial charge in [-0.1, -0.05) is 35.3 Å². The number of nitrogens with zero attached hydrogens (tertiary/aromatic N) is 1. The zero-order valence-corrected chi connectivity index (χ0v) is 12.0. The Bertz CT molecular complexity index is 529. The molecule has 0 bridgehead atoms. The van der Waals surface area contributed by atoms with Crippen LogP contribution in [0.25, 0.3) is 0 Å². The molecule has 2 N–H and O–H groups in total. The van der Waals surface area contributed by atoms with Crippen LogP contribution in [0, 0.1) is 0 Å². The predicted molar refractivity (Wildman–Crippen MR) is 80.8 cm³/mol. The number of pyridine rings is 1. The fourth-order valence-electron chi connectivity index (χ4n) is 2.16. The highest BCUT2D eigenvalue weighted by Gasteiger charge is 2.13. The lowest BCUT2D eigenvalue weighted by Gasteiger charge is -2.17. The van der Waals surface area contributed by atoms with Gasteiger partial charge in [-0.05, 0) is 54.6 Å². The summed E-state index contributed by atoms with van der Waals surface area (Å²) < 4.78 is 0. The lowest BCUT2D eigenvalue weighted by Crippen LogP contribution is -2.10. The van der Waals surface area contributed by atoms with Crippen molar-refractivity contribution in [2.75, 3.05) is 6.54 Å². The molecule has 0 fully saturated rings. The first-order valence-electron chi connectivity index (χ1n) is 6.24. The summed E-state index contributed by atoms with van der Waals surface area (Å²) in [5.41, 5.74) is 8.08. The highest BCUT2D eigenvalue weighted by molar-refractivity contribution is 6.42. The summed E-state index contributed by atoms with van der Waals surface area (Å²) >= 11 is 12.0. The second kappa shape index (κ2) is 6.90. The average molecular weight is 295 g/mol. The molecule has 1 atom stereocenters. The smallest absolute Gasteiger partial charge is 0.0595 e. The zero-order chi connectivity index (χ0) is 13.7. The van der Waals surface area contributed by atoms with Crippen molar-refractivity contribution in [2.24, 2.45) is 5.73 Å². The van der Waals surface area contributed by atoms with E-state index in [-0.39, 0.29) is 0 Å². The zero-order valence-electron chi connectivity index (χ0n) is 10.5. The Balaban J connectivity index is 2.21. The summed E-state index contributed by atoms with van der Waals surface area (Å²) in [7, 11) is 0. The Morgan fingerprint density at radius 3 is 2.63 bits per heavy atom. The fraction of sp³-hybridized carbons (Fsp3) is 0.267. The van der Waals surface area contributed by atoms with Crippen LogP contribution in [-0.4, -0.2) is 11.5 Å². The van der Waals surface area contributed by atoms with Crippen LogP contribution in [0.15, 0.2) is 42.7 Å². The van der Waals surface area contributed by atoms with E-state index in [4.69, 9.17) is 28.9 Å². The summed E-state index contributed by atoms with van der Waals surface area (Å²) in [6.07, 6.45) is 5.48. The van der Waals surface area contributed by atoms with Crippen molar-refractivity contribution in [1.82, 2.24) is 4.98 Å². The summed E-state index contributed by atoms with van der Waals surface area (Å²) in [5.74, 6) is 0.337. The molecule has 1 aromatic heterocycles. The second-order valence-electron chi connectivity index (χ2n) is 4.51. The van der Waals surface area contributed by atoms with Gasteiger partial charge < -0.3 is 5.73 Å². The lowest BCUT2D eigenvalue weighted by atomic mass is 9.90. The van der Waals surface area contributed by atoms with E-state index in [0.717, 1.165) is 12.8 Å². The number of hydrogen-bond acceptors (Lipinski definition) is 2. The first-order chi connectivity index (χ1) is 9.20. The number of halogens is 2. The molecule has 0 aliphatic carbocycles. The third kappa shape index (κ3) is 3.93. The topological polar surface area (TPSA) is 38.9 Å². The van der Waals surface area contributed by atoms with Crippen LogP contribution in [0.4, 0.5) is 0 Å². The molecule has 19 heavy (non-hydrogen) atoms. The van der Waals surface area contributed by atoms with Crippen molar-refractivity contribution in [1.29, 1.82) is 0 Å². The standard InChI is InChI=1S/C15H16Cl2N2/c16-14-4-3-12(9-15(14)17)13(5-6-18)8-11-2-1-7-19-10-11/h1-4,7,9-10,13H,5-6,8,18H2. The maximum atomic E-state index is 6.09. The van der Waals surface area contributed by atoms with Gasteiger partial charge in [0.2, 0.25) is 0 Å². The van der Waals surface area contributed by atoms with Gasteiger partial charge in [0.15, 0.2) is 0 Å². The van der Waals surface area contributed by atoms with E-state index in [2.05, 4.69) is 11.1 Å². The highest BCUT2D eigenvalue weighted by Crippen LogP contribution is 2.29. The number of aromatic nitrogens is 1. The van der Waals surface area contributed by atoms with Crippen LogP contribution in [0.3, 0.4) is 0 Å². The normalized spacial score (nSPS) is 12.4. The van der Waals surface area contributed by atoms with Gasteiger partial charge in [-0.3, -0.25) is 4.98 Å². The van der Waals surface area contributed by atoms with Gasteiger partial charge in [0, 0.05) is 12.4 Å². The Kier molecular flexibility index (Phi) is 5.20. The van der Waals surface area contributed by atoms with Gasteiger partial charge in [0.25, 0.3) is 0 Å². The lowest BCUT2D eigenvalue weighted by molar-refractivity contribution is 0.629. The number of benzene rings is 1. The second-order valence-corrected chi connectivity index (χ2v) is 5.33. The summed E-state index contributed by atoms with van der Waals surface area (Å²) in [4.78, 5) is 4.14. The Labute approximate surface area is 123 Å². The molecule has 0 amide bonds. The van der Waals surface area contributed by atoms with Gasteiger partial charge >= 0.3 is 0 Å². The van der Waals surface area contributed by atoms with Crippen LogP contribution in [0.5, 0.6) is 0 Å². The van der Waals surface area contributed by atoms with Crippen LogP contribution < -0.4 is 5.73 Å². The molecule has 1 heterocycles. The van der Waals surface area contributed by atoms with Gasteiger partial charge in [0.05, 0.1) is 10.0 Å². The molecule has 0 saturated heterocycles. The predicted octanol–water partition coefficient (Wildman–Crippen LogP) is 4.06. The molecule has 1 aromatic carbocycles. The van der Waals surface area contributed by atoms with Crippen molar-refractivity contribution in [3.63, 3.8) is 0 Å². The van der Waals surface area contributed by atoms with Crippen LogP contribution >= 0.6 is 23.2 Å². The van der Waals surface area contributed by atoms with Gasteiger partial charge in [-0.2, -0.15) is 0 Å². The van der Waals surface area contributed by atoms with E-state index in [1.54, 1.807) is 6.20 Å². The first-order valence-corrected chi connectivity index (χ1v) is 7.00. The summed E-state index contributed by atoms with van der Waals surface area (Å²) in [5, 5.41) is 1.17. The number of rotatable bonds is 5. The molecule has 0 aliphatic rings. The van der Waals surface area contributed by atoms with Crippen LogP contribution in [0.2, 0.25) is 10.0 Å². The molecular formula is C15H16Cl2N2. The monoisotopic (exact) mass is 294 g/mol. The Morgan fingerprint density at radius 2 is 2.00 bits per heavy atom. The van der Waals surface area contributed by atoms with E-state index in [1.807, 2.05) is 30.5 Å². The number of nitrogens with two attached hydrogens (primary N) is 1. The quantitative estimate of drug-likeness (QED) is 0.903. The fourth-order valence-corrected chi connectivity index (χ4v) is 2.46. The molecular weight excluding hydrogens is 279 g/mol. The van der Waals surface area contributed by atoms with E-state index in [9.17, 15) is 0 Å². The molecule has 4 heteroatoms. The summed E-state index contributed by atoms with van der Waals surface area (Å²) in [6, 6.07) is 9.81. The van der Waals surface area contributed by atoms with Crippen molar-refractivity contribution >= 4 is 23.2 Å². The first kappa shape index (κ1) is 14.3. The molecule has 0 radical (unpaired) electrons. The Morgan fingerprint density at radius 1 is 1.16 bits per heavy atom. The summed E-state index contributed by atoms with van der Waals surface area (Å²) in [6.45, 7) is 0.644. The molecule has 2 rings (SSSR count). The van der Waals surface area contributed by atoms with Gasteiger partial charge in [-0.25, -0.2) is 0 Å². The van der Waals surface area contributed by atoms with Crippen molar-refractivity contribution in [3.05, 3.63) is 63.9 Å². The van der Waals surface area contributed by atoms with E-state index in [1.165, 1.54) is 11.1 Å². The minimum atomic E-state index is 0.337. The molecule has 1 unspecified atom stereocenters. The largest absolute Gasteiger partial charge is 0.330 e. The third-order valence-corrected chi connectivity index (χ3v) is 3.87. The average Bonchev–Trinajstić information content (AvgIpc) is 2.43. The van der Waals surface area contributed by atoms with E-state index in [0.29, 0.717) is 22.5 Å². The minimum Gasteiger partial charge on any atom is -0.330 e. The van der Waals surface area contributed by atoms with Crippen LogP contribution in [-0.2, 0) is 6.42 Å². The number of hydrogen-bond donors (Lipinski definition) is 1. The van der Waals surface area contributed by atoms with Crippen molar-refractivity contribution in [3.8, 4) is 0 Å². The Hall–Kier alpha value is -1.09. The molecule has 0 saturated carbocycles. The third-order valence-electron chi connectivity index (χ3n) is 3.14. The highest BCUT2D eigenvalue weighted by atomic mass is 35.5.